The van der Waals surface area contributed by atoms with Crippen LogP contribution in [0.25, 0.3) is 6.08 Å². The van der Waals surface area contributed by atoms with E-state index >= 15 is 0 Å². The largest absolute Gasteiger partial charge is 0.288 e. The van der Waals surface area contributed by atoms with Gasteiger partial charge in [0.25, 0.3) is 0 Å². The number of halogens is 1. The van der Waals surface area contributed by atoms with Gasteiger partial charge in [-0.2, -0.15) is 0 Å². The molecule has 1 aromatic rings. The smallest absolute Gasteiger partial charge is 0.222 e. The number of hydrogen-bond donors (Lipinski definition) is 0. The second-order valence-corrected chi connectivity index (χ2v) is 4.42. The summed E-state index contributed by atoms with van der Waals surface area (Å²) >= 11 is 6.89. The van der Waals surface area contributed by atoms with Gasteiger partial charge in [0.05, 0.1) is 0 Å². The molecule has 0 aliphatic rings. The van der Waals surface area contributed by atoms with Gasteiger partial charge < -0.3 is 0 Å². The molecule has 1 aromatic heterocycles. The number of aromatic nitrogens is 2. The molecule has 0 saturated heterocycles. The Labute approximate surface area is 98.0 Å². The quantitative estimate of drug-likeness (QED) is 0.765. The van der Waals surface area contributed by atoms with Crippen molar-refractivity contribution in [3.05, 3.63) is 28.8 Å². The molecule has 0 aliphatic heterocycles. The summed E-state index contributed by atoms with van der Waals surface area (Å²) in [4.78, 5) is 18.6. The average Bonchev–Trinajstić information content (AvgIpc) is 2.14. The third-order valence-corrected chi connectivity index (χ3v) is 2.62. The molecule has 0 saturated carbocycles. The summed E-state index contributed by atoms with van der Waals surface area (Å²) in [5, 5.41) is 0.367. The van der Waals surface area contributed by atoms with Crippen LogP contribution in [0.3, 0.4) is 0 Å². The molecule has 0 atom stereocenters. The van der Waals surface area contributed by atoms with Crippen LogP contribution in [0.2, 0.25) is 5.28 Å². The van der Waals surface area contributed by atoms with E-state index < -0.39 is 0 Å². The summed E-state index contributed by atoms with van der Waals surface area (Å²) in [6.45, 7) is 3.42. The molecule has 0 spiro atoms. The summed E-state index contributed by atoms with van der Waals surface area (Å²) < 4.78 is 0. The minimum atomic E-state index is 0.115. The first-order valence-electron chi connectivity index (χ1n) is 4.38. The fourth-order valence-corrected chi connectivity index (χ4v) is 1.55. The lowest BCUT2D eigenvalue weighted by Gasteiger charge is -1.98. The van der Waals surface area contributed by atoms with E-state index in [0.29, 0.717) is 5.75 Å². The Morgan fingerprint density at radius 2 is 2.40 bits per heavy atom. The summed E-state index contributed by atoms with van der Waals surface area (Å²) in [5.41, 5.74) is 1.75. The predicted molar refractivity (Wildman–Crippen MR) is 64.0 cm³/mol. The van der Waals surface area contributed by atoms with E-state index in [9.17, 15) is 4.79 Å². The van der Waals surface area contributed by atoms with Crippen LogP contribution in [0.1, 0.15) is 18.2 Å². The molecule has 0 fully saturated rings. The van der Waals surface area contributed by atoms with Crippen molar-refractivity contribution in [2.24, 2.45) is 0 Å². The Bertz CT molecular complexity index is 393. The molecular formula is C10H11ClN2OS. The monoisotopic (exact) mass is 242 g/mol. The molecule has 15 heavy (non-hydrogen) atoms. The highest BCUT2D eigenvalue weighted by molar-refractivity contribution is 8.13. The lowest BCUT2D eigenvalue weighted by atomic mass is 10.2. The average molecular weight is 243 g/mol. The van der Waals surface area contributed by atoms with Crippen LogP contribution in [0, 0.1) is 6.92 Å². The molecule has 5 heteroatoms. The van der Waals surface area contributed by atoms with Gasteiger partial charge in [-0.15, -0.1) is 0 Å². The number of nitrogens with zero attached hydrogens (tertiary/aromatic N) is 2. The highest BCUT2D eigenvalue weighted by Gasteiger charge is 1.97. The maximum absolute atomic E-state index is 10.7. The molecule has 0 aliphatic carbocycles. The zero-order valence-electron chi connectivity index (χ0n) is 8.53. The molecule has 3 nitrogen and oxygen atoms in total. The Hall–Kier alpha value is -0.870. The third-order valence-electron chi connectivity index (χ3n) is 1.67. The van der Waals surface area contributed by atoms with Gasteiger partial charge in [-0.05, 0) is 18.5 Å². The van der Waals surface area contributed by atoms with Gasteiger partial charge in [-0.3, -0.25) is 4.79 Å². The van der Waals surface area contributed by atoms with E-state index in [-0.39, 0.29) is 10.4 Å². The summed E-state index contributed by atoms with van der Waals surface area (Å²) in [7, 11) is 0. The minimum Gasteiger partial charge on any atom is -0.288 e. The van der Waals surface area contributed by atoms with Crippen LogP contribution in [0.5, 0.6) is 0 Å². The van der Waals surface area contributed by atoms with E-state index in [0.717, 1.165) is 11.3 Å². The highest BCUT2D eigenvalue weighted by Crippen LogP contribution is 2.10. The van der Waals surface area contributed by atoms with Crippen molar-refractivity contribution in [3.63, 3.8) is 0 Å². The molecule has 0 bridgehead atoms. The van der Waals surface area contributed by atoms with Crippen molar-refractivity contribution < 1.29 is 4.79 Å². The van der Waals surface area contributed by atoms with Crippen LogP contribution in [0.4, 0.5) is 0 Å². The van der Waals surface area contributed by atoms with Crippen LogP contribution in [-0.2, 0) is 4.79 Å². The molecular weight excluding hydrogens is 232 g/mol. The van der Waals surface area contributed by atoms with Gasteiger partial charge in [0.15, 0.2) is 5.12 Å². The highest BCUT2D eigenvalue weighted by atomic mass is 35.5. The number of aryl methyl sites for hydroxylation is 1. The van der Waals surface area contributed by atoms with Crippen LogP contribution in [-0.4, -0.2) is 20.8 Å². The maximum atomic E-state index is 10.7. The molecule has 0 radical (unpaired) electrons. The van der Waals surface area contributed by atoms with Crippen molar-refractivity contribution >= 4 is 34.6 Å². The van der Waals surface area contributed by atoms with Crippen molar-refractivity contribution in [2.75, 3.05) is 5.75 Å². The van der Waals surface area contributed by atoms with E-state index in [1.807, 2.05) is 19.1 Å². The van der Waals surface area contributed by atoms with E-state index in [2.05, 4.69) is 9.97 Å². The lowest BCUT2D eigenvalue weighted by molar-refractivity contribution is -0.109. The molecule has 0 amide bonds. The van der Waals surface area contributed by atoms with E-state index in [1.165, 1.54) is 11.8 Å². The molecule has 0 aromatic carbocycles. The molecule has 80 valence electrons. The summed E-state index contributed by atoms with van der Waals surface area (Å²) in [5.74, 6) is 0.664. The van der Waals surface area contributed by atoms with Gasteiger partial charge in [0.2, 0.25) is 5.28 Å². The number of rotatable bonds is 3. The first-order valence-corrected chi connectivity index (χ1v) is 5.75. The van der Waals surface area contributed by atoms with Crippen molar-refractivity contribution in [1.29, 1.82) is 0 Å². The molecule has 0 N–H and O–H groups in total. The van der Waals surface area contributed by atoms with Gasteiger partial charge in [-0.1, -0.05) is 23.9 Å². The molecule has 1 rings (SSSR count). The first kappa shape index (κ1) is 12.2. The van der Waals surface area contributed by atoms with Crippen LogP contribution in [0.15, 0.2) is 12.3 Å². The summed E-state index contributed by atoms with van der Waals surface area (Å²) in [6.07, 6.45) is 5.47. The number of carbonyl (C=O) groups is 1. The van der Waals surface area contributed by atoms with E-state index in [1.54, 1.807) is 13.1 Å². The second-order valence-electron chi connectivity index (χ2n) is 2.88. The normalized spacial score (nSPS) is 10.9. The summed E-state index contributed by atoms with van der Waals surface area (Å²) in [6, 6.07) is 0. The maximum Gasteiger partial charge on any atom is 0.222 e. The number of carbonyl (C=O) groups excluding carboxylic acids is 1. The van der Waals surface area contributed by atoms with Crippen molar-refractivity contribution in [3.8, 4) is 0 Å². The first-order chi connectivity index (χ1) is 7.09. The fourth-order valence-electron chi connectivity index (χ4n) is 0.952. The van der Waals surface area contributed by atoms with Gasteiger partial charge in [0, 0.05) is 30.1 Å². The Morgan fingerprint density at radius 3 is 3.00 bits per heavy atom. The van der Waals surface area contributed by atoms with Gasteiger partial charge in [-0.25, -0.2) is 9.97 Å². The van der Waals surface area contributed by atoms with Gasteiger partial charge >= 0.3 is 0 Å². The molecule has 0 unspecified atom stereocenters. The second kappa shape index (κ2) is 5.88. The van der Waals surface area contributed by atoms with Gasteiger partial charge in [0.1, 0.15) is 0 Å². The molecule has 1 heterocycles. The fraction of sp³-hybridized carbons (Fsp3) is 0.300. The zero-order valence-corrected chi connectivity index (χ0v) is 10.1. The van der Waals surface area contributed by atoms with Crippen LogP contribution >= 0.6 is 23.4 Å². The topological polar surface area (TPSA) is 42.9 Å². The Morgan fingerprint density at radius 1 is 1.67 bits per heavy atom. The SMILES string of the molecule is CC(=O)SCC=Cc1cnc(Cl)nc1C. The third kappa shape index (κ3) is 4.44. The number of hydrogen-bond acceptors (Lipinski definition) is 4. The standard InChI is InChI=1S/C10H11ClN2OS/c1-7-9(6-12-10(11)13-7)4-3-5-15-8(2)14/h3-4,6H,5H2,1-2H3. The van der Waals surface area contributed by atoms with E-state index in [4.69, 9.17) is 11.6 Å². The predicted octanol–water partition coefficient (Wildman–Crippen LogP) is 2.73. The Balaban J connectivity index is 2.60. The zero-order chi connectivity index (χ0) is 11.3. The van der Waals surface area contributed by atoms with Crippen LogP contribution < -0.4 is 0 Å². The van der Waals surface area contributed by atoms with Crippen molar-refractivity contribution in [2.45, 2.75) is 13.8 Å². The Kier molecular flexibility index (Phi) is 4.78. The van der Waals surface area contributed by atoms with Crippen molar-refractivity contribution in [1.82, 2.24) is 9.97 Å². The lowest BCUT2D eigenvalue weighted by Crippen LogP contribution is -1.90. The minimum absolute atomic E-state index is 0.115. The number of thioether (sulfide) groups is 1.